The first-order valence-electron chi connectivity index (χ1n) is 9.59. The molecule has 1 heterocycles. The minimum Gasteiger partial charge on any atom is -0.395 e. The van der Waals surface area contributed by atoms with Gasteiger partial charge in [-0.1, -0.05) is 35.5 Å². The van der Waals surface area contributed by atoms with E-state index >= 15 is 0 Å². The van der Waals surface area contributed by atoms with Crippen LogP contribution in [0.15, 0.2) is 40.5 Å². The zero-order valence-corrected chi connectivity index (χ0v) is 19.5. The molecule has 0 saturated carbocycles. The number of aliphatic hydroxyl groups is 1. The van der Waals surface area contributed by atoms with Crippen LogP contribution in [0.4, 0.5) is 9.52 Å². The average Bonchev–Trinajstić information content (AvgIpc) is 3.17. The second kappa shape index (κ2) is 12.0. The second-order valence-corrected chi connectivity index (χ2v) is 9.40. The summed E-state index contributed by atoms with van der Waals surface area (Å²) in [6, 6.07) is 5.47. The first kappa shape index (κ1) is 25.8. The number of hydrogen-bond acceptors (Lipinski definition) is 9. The van der Waals surface area contributed by atoms with Gasteiger partial charge >= 0.3 is 0 Å². The number of rotatable bonds is 12. The quantitative estimate of drug-likeness (QED) is 0.343. The van der Waals surface area contributed by atoms with Crippen molar-refractivity contribution in [2.24, 2.45) is 5.16 Å². The number of thiazole rings is 1. The Bertz CT molecular complexity index is 1030. The number of carbonyl (C=O) groups excluding carboxylic acids is 1. The third-order valence-electron chi connectivity index (χ3n) is 4.11. The molecule has 1 aromatic heterocycles. The maximum Gasteiger partial charge on any atom is 0.280 e. The van der Waals surface area contributed by atoms with Crippen molar-refractivity contribution < 1.29 is 32.3 Å². The normalized spacial score (nSPS) is 13.2. The molecule has 1 atom stereocenters. The van der Waals surface area contributed by atoms with Crippen LogP contribution < -0.4 is 5.32 Å². The molecule has 1 amide bonds. The number of carbonyl (C=O) groups is 1. The van der Waals surface area contributed by atoms with Crippen LogP contribution in [0.1, 0.15) is 19.4 Å². The van der Waals surface area contributed by atoms with Crippen molar-refractivity contribution in [3.63, 3.8) is 0 Å². The van der Waals surface area contributed by atoms with E-state index in [1.54, 1.807) is 13.8 Å². The number of aromatic nitrogens is 1. The van der Waals surface area contributed by atoms with Crippen molar-refractivity contribution in [3.8, 4) is 0 Å². The highest BCUT2D eigenvalue weighted by atomic mass is 32.2. The third kappa shape index (κ3) is 6.77. The van der Waals surface area contributed by atoms with Crippen LogP contribution in [0.5, 0.6) is 0 Å². The van der Waals surface area contributed by atoms with E-state index in [2.05, 4.69) is 15.5 Å². The molecule has 0 radical (unpaired) electrons. The number of amides is 1. The number of ether oxygens (including phenoxy) is 1. The lowest BCUT2D eigenvalue weighted by Gasteiger charge is -2.19. The molecule has 0 spiro atoms. The van der Waals surface area contributed by atoms with Gasteiger partial charge in [-0.05, 0) is 19.1 Å². The van der Waals surface area contributed by atoms with E-state index < -0.39 is 27.2 Å². The van der Waals surface area contributed by atoms with E-state index in [9.17, 15) is 17.6 Å². The first-order chi connectivity index (χ1) is 15.2. The molecule has 2 aromatic rings. The van der Waals surface area contributed by atoms with Gasteiger partial charge in [-0.25, -0.2) is 13.4 Å². The smallest absolute Gasteiger partial charge is 0.280 e. The fourth-order valence-electron chi connectivity index (χ4n) is 2.60. The predicted molar refractivity (Wildman–Crippen MR) is 118 cm³/mol. The molecule has 0 aliphatic rings. The summed E-state index contributed by atoms with van der Waals surface area (Å²) in [5.74, 6) is -0.713. The molecule has 1 aromatic carbocycles. The first-order valence-corrected chi connectivity index (χ1v) is 11.8. The number of anilines is 1. The molecule has 10 nitrogen and oxygen atoms in total. The van der Waals surface area contributed by atoms with Gasteiger partial charge in [0.15, 0.2) is 16.0 Å². The number of sulfonamides is 1. The Morgan fingerprint density at radius 2 is 2.06 bits per heavy atom. The number of halogens is 1. The summed E-state index contributed by atoms with van der Waals surface area (Å²) >= 11 is 0.647. The van der Waals surface area contributed by atoms with Crippen LogP contribution in [0.2, 0.25) is 0 Å². The van der Waals surface area contributed by atoms with Crippen molar-refractivity contribution in [2.45, 2.75) is 24.8 Å². The van der Waals surface area contributed by atoms with Crippen molar-refractivity contribution >= 4 is 38.1 Å². The van der Waals surface area contributed by atoms with E-state index in [4.69, 9.17) is 14.7 Å². The summed E-state index contributed by atoms with van der Waals surface area (Å²) in [5, 5.41) is 14.9. The van der Waals surface area contributed by atoms with Gasteiger partial charge in [-0.2, -0.15) is 8.70 Å². The monoisotopic (exact) mass is 488 g/mol. The Hall–Kier alpha value is -2.45. The number of oxime groups is 1. The van der Waals surface area contributed by atoms with Crippen molar-refractivity contribution in [1.29, 1.82) is 0 Å². The molecule has 0 fully saturated rings. The van der Waals surface area contributed by atoms with Crippen LogP contribution >= 0.6 is 11.3 Å². The highest BCUT2D eigenvalue weighted by molar-refractivity contribution is 7.89. The van der Waals surface area contributed by atoms with E-state index in [-0.39, 0.29) is 47.6 Å². The topological polar surface area (TPSA) is 130 Å². The maximum atomic E-state index is 13.2. The lowest BCUT2D eigenvalue weighted by atomic mass is 10.1. The third-order valence-corrected chi connectivity index (χ3v) is 6.80. The summed E-state index contributed by atoms with van der Waals surface area (Å²) < 4.78 is 44.8. The number of nitrogens with zero attached hydrogens (tertiary/aromatic N) is 3. The molecule has 2 N–H and O–H groups in total. The SMILES string of the molecule is CCN(CCO)S(=O)(=O)c1ccc(/C(=N\O[C@H](C)COC)C(=O)Nc2ncc(F)s2)cc1. The molecule has 0 bridgehead atoms. The van der Waals surface area contributed by atoms with Crippen molar-refractivity contribution in [3.05, 3.63) is 41.2 Å². The number of benzene rings is 1. The molecule has 13 heteroatoms. The van der Waals surface area contributed by atoms with Gasteiger partial charge in [-0.3, -0.25) is 10.1 Å². The van der Waals surface area contributed by atoms with Crippen LogP contribution in [-0.4, -0.2) is 73.9 Å². The van der Waals surface area contributed by atoms with Gasteiger partial charge < -0.3 is 14.7 Å². The summed E-state index contributed by atoms with van der Waals surface area (Å²) in [4.78, 5) is 21.8. The highest BCUT2D eigenvalue weighted by Crippen LogP contribution is 2.19. The fraction of sp³-hybridized carbons (Fsp3) is 0.421. The Balaban J connectivity index is 2.34. The molecule has 0 aliphatic carbocycles. The predicted octanol–water partition coefficient (Wildman–Crippen LogP) is 1.68. The number of methoxy groups -OCH3 is 1. The van der Waals surface area contributed by atoms with Crippen LogP contribution in [0.25, 0.3) is 0 Å². The number of likely N-dealkylation sites (N-methyl/N-ethyl adjacent to an activating group) is 1. The molecule has 0 saturated heterocycles. The summed E-state index contributed by atoms with van der Waals surface area (Å²) in [6.07, 6.45) is 0.510. The van der Waals surface area contributed by atoms with Crippen molar-refractivity contribution in [1.82, 2.24) is 9.29 Å². The summed E-state index contributed by atoms with van der Waals surface area (Å²) in [6.45, 7) is 3.42. The van der Waals surface area contributed by atoms with Gasteiger partial charge in [-0.15, -0.1) is 0 Å². The van der Waals surface area contributed by atoms with E-state index in [0.29, 0.717) is 11.3 Å². The van der Waals surface area contributed by atoms with E-state index in [0.717, 1.165) is 10.5 Å². The van der Waals surface area contributed by atoms with E-state index in [1.807, 2.05) is 0 Å². The maximum absolute atomic E-state index is 13.2. The van der Waals surface area contributed by atoms with Gasteiger partial charge in [0.25, 0.3) is 5.91 Å². The largest absolute Gasteiger partial charge is 0.395 e. The lowest BCUT2D eigenvalue weighted by Crippen LogP contribution is -2.33. The number of nitrogens with one attached hydrogen (secondary N) is 1. The van der Waals surface area contributed by atoms with Crippen molar-refractivity contribution in [2.75, 3.05) is 38.7 Å². The average molecular weight is 489 g/mol. The number of aliphatic hydroxyl groups excluding tert-OH is 1. The molecule has 0 unspecified atom stereocenters. The van der Waals surface area contributed by atoms with E-state index in [1.165, 1.54) is 31.4 Å². The van der Waals surface area contributed by atoms with Crippen LogP contribution in [-0.2, 0) is 24.4 Å². The molecule has 0 aliphatic heterocycles. The minimum atomic E-state index is -3.82. The molecular formula is C19H25FN4O6S2. The Morgan fingerprint density at radius 1 is 1.38 bits per heavy atom. The molecule has 32 heavy (non-hydrogen) atoms. The zero-order chi connectivity index (χ0) is 23.7. The molecule has 2 rings (SSSR count). The van der Waals surface area contributed by atoms with Gasteiger partial charge in [0.1, 0.15) is 6.10 Å². The minimum absolute atomic E-state index is 0.00743. The highest BCUT2D eigenvalue weighted by Gasteiger charge is 2.24. The fourth-order valence-corrected chi connectivity index (χ4v) is 4.57. The summed E-state index contributed by atoms with van der Waals surface area (Å²) in [5.41, 5.74) is 0.114. The van der Waals surface area contributed by atoms with Crippen LogP contribution in [0, 0.1) is 5.13 Å². The Morgan fingerprint density at radius 3 is 2.59 bits per heavy atom. The Labute approximate surface area is 189 Å². The number of hydrogen-bond donors (Lipinski definition) is 2. The lowest BCUT2D eigenvalue weighted by molar-refractivity contribution is -0.110. The van der Waals surface area contributed by atoms with Gasteiger partial charge in [0.2, 0.25) is 10.0 Å². The van der Waals surface area contributed by atoms with Crippen LogP contribution in [0.3, 0.4) is 0 Å². The van der Waals surface area contributed by atoms with Gasteiger partial charge in [0, 0.05) is 25.8 Å². The van der Waals surface area contributed by atoms with Gasteiger partial charge in [0.05, 0.1) is 24.3 Å². The standard InChI is InChI=1S/C19H25FN4O6S2/c1-4-24(9-10-25)32(27,28)15-7-5-14(6-8-15)17(23-30-13(2)12-29-3)18(26)22-19-21-11-16(20)31-19/h5-8,11,13,25H,4,9-10,12H2,1-3H3,(H,21,22,26)/b23-17+/t13-/m1/s1. The molecular weight excluding hydrogens is 463 g/mol. The Kier molecular flexibility index (Phi) is 9.65. The zero-order valence-electron chi connectivity index (χ0n) is 17.8. The summed E-state index contributed by atoms with van der Waals surface area (Å²) in [7, 11) is -2.33. The second-order valence-electron chi connectivity index (χ2n) is 6.48. The molecule has 176 valence electrons.